The van der Waals surface area contributed by atoms with Crippen LogP contribution in [0.4, 0.5) is 10.6 Å². The summed E-state index contributed by atoms with van der Waals surface area (Å²) in [4.78, 5) is 17.6. The molecule has 2 aromatic heterocycles. The number of halogens is 1. The fourth-order valence-corrected chi connectivity index (χ4v) is 3.53. The number of ether oxygens (including phenoxy) is 1. The average Bonchev–Trinajstić information content (AvgIpc) is 2.97. The minimum atomic E-state index is -0.445. The van der Waals surface area contributed by atoms with Gasteiger partial charge in [-0.2, -0.15) is 5.10 Å². The van der Waals surface area contributed by atoms with Crippen LogP contribution in [0.25, 0.3) is 11.0 Å². The second-order valence-corrected chi connectivity index (χ2v) is 6.60. The topological polar surface area (TPSA) is 86.3 Å². The van der Waals surface area contributed by atoms with E-state index in [1.807, 2.05) is 28.9 Å². The number of hydrogen-bond donors (Lipinski definition) is 1. The zero-order valence-electron chi connectivity index (χ0n) is 14.3. The first-order valence-corrected chi connectivity index (χ1v) is 8.64. The Morgan fingerprint density at radius 2 is 2.12 bits per heavy atom. The van der Waals surface area contributed by atoms with Gasteiger partial charge in [0.25, 0.3) is 0 Å². The Labute approximate surface area is 155 Å². The fraction of sp³-hybridized carbons (Fsp3) is 0.278. The van der Waals surface area contributed by atoms with Gasteiger partial charge < -0.3 is 15.4 Å². The average molecular weight is 372 g/mol. The first kappa shape index (κ1) is 16.7. The molecule has 3 heterocycles. The van der Waals surface area contributed by atoms with Gasteiger partial charge in [0.1, 0.15) is 5.75 Å². The highest BCUT2D eigenvalue weighted by atomic mass is 35.5. The van der Waals surface area contributed by atoms with Crippen LogP contribution in [-0.2, 0) is 19.5 Å². The third-order valence-electron chi connectivity index (χ3n) is 4.72. The predicted octanol–water partition coefficient (Wildman–Crippen LogP) is 2.79. The van der Waals surface area contributed by atoms with Crippen molar-refractivity contribution in [1.82, 2.24) is 19.7 Å². The van der Waals surface area contributed by atoms with Gasteiger partial charge in [0.05, 0.1) is 19.0 Å². The van der Waals surface area contributed by atoms with Crippen molar-refractivity contribution in [1.29, 1.82) is 0 Å². The largest absolute Gasteiger partial charge is 0.497 e. The molecule has 3 aromatic rings. The lowest BCUT2D eigenvalue weighted by atomic mass is 9.99. The normalized spacial score (nSPS) is 13.7. The molecule has 1 aliphatic heterocycles. The molecule has 8 heteroatoms. The molecule has 1 aromatic carbocycles. The summed E-state index contributed by atoms with van der Waals surface area (Å²) in [6.07, 6.45) is 2.47. The molecule has 4 rings (SSSR count). The number of aromatic nitrogens is 3. The van der Waals surface area contributed by atoms with E-state index in [4.69, 9.17) is 22.1 Å². The van der Waals surface area contributed by atoms with Crippen molar-refractivity contribution in [3.05, 3.63) is 47.2 Å². The minimum Gasteiger partial charge on any atom is -0.497 e. The van der Waals surface area contributed by atoms with E-state index in [9.17, 15) is 4.79 Å². The van der Waals surface area contributed by atoms with Crippen molar-refractivity contribution in [3.8, 4) is 5.75 Å². The van der Waals surface area contributed by atoms with Gasteiger partial charge in [0.15, 0.2) is 11.5 Å². The monoisotopic (exact) mass is 371 g/mol. The molecular formula is C18H18ClN5O2. The van der Waals surface area contributed by atoms with E-state index in [0.29, 0.717) is 31.9 Å². The van der Waals surface area contributed by atoms with E-state index in [1.165, 1.54) is 0 Å². The van der Waals surface area contributed by atoms with Crippen LogP contribution in [0.3, 0.4) is 0 Å². The lowest BCUT2D eigenvalue weighted by Gasteiger charge is -2.26. The minimum absolute atomic E-state index is 0.445. The van der Waals surface area contributed by atoms with Crippen LogP contribution in [0.2, 0.25) is 0 Å². The predicted molar refractivity (Wildman–Crippen MR) is 99.4 cm³/mol. The van der Waals surface area contributed by atoms with Crippen LogP contribution in [0.5, 0.6) is 5.75 Å². The van der Waals surface area contributed by atoms with Crippen molar-refractivity contribution >= 4 is 33.8 Å². The maximum Gasteiger partial charge on any atom is 0.316 e. The molecule has 0 atom stereocenters. The molecule has 7 nitrogen and oxygen atoms in total. The summed E-state index contributed by atoms with van der Waals surface area (Å²) in [7, 11) is 1.64. The molecule has 0 saturated carbocycles. The van der Waals surface area contributed by atoms with Gasteiger partial charge in [-0.15, -0.1) is 0 Å². The van der Waals surface area contributed by atoms with Gasteiger partial charge >= 0.3 is 5.37 Å². The quantitative estimate of drug-likeness (QED) is 0.565. The Morgan fingerprint density at radius 3 is 2.81 bits per heavy atom. The maximum absolute atomic E-state index is 11.4. The number of anilines is 1. The number of hydrogen-bond acceptors (Lipinski definition) is 5. The molecule has 0 fully saturated rings. The highest BCUT2D eigenvalue weighted by molar-refractivity contribution is 6.62. The van der Waals surface area contributed by atoms with E-state index in [0.717, 1.165) is 33.5 Å². The van der Waals surface area contributed by atoms with E-state index in [2.05, 4.69) is 10.1 Å². The first-order valence-electron chi connectivity index (χ1n) is 8.27. The number of amides is 1. The van der Waals surface area contributed by atoms with Crippen LogP contribution in [0.15, 0.2) is 30.5 Å². The summed E-state index contributed by atoms with van der Waals surface area (Å²) >= 11 is 5.61. The van der Waals surface area contributed by atoms with E-state index < -0.39 is 5.37 Å². The summed E-state index contributed by atoms with van der Waals surface area (Å²) in [5, 5.41) is 4.91. The van der Waals surface area contributed by atoms with Gasteiger partial charge in [-0.25, -0.2) is 9.67 Å². The number of nitrogen functional groups attached to an aromatic ring is 1. The fourth-order valence-electron chi connectivity index (χ4n) is 3.39. The summed E-state index contributed by atoms with van der Waals surface area (Å²) < 4.78 is 7.00. The molecule has 1 aliphatic rings. The molecule has 1 amide bonds. The van der Waals surface area contributed by atoms with Gasteiger partial charge in [-0.1, -0.05) is 12.1 Å². The molecule has 0 unspecified atom stereocenters. The second kappa shape index (κ2) is 6.49. The van der Waals surface area contributed by atoms with Crippen LogP contribution in [0, 0.1) is 0 Å². The molecule has 0 aliphatic carbocycles. The Hall–Kier alpha value is -2.80. The number of rotatable bonds is 3. The molecule has 0 spiro atoms. The van der Waals surface area contributed by atoms with E-state index in [1.54, 1.807) is 18.2 Å². The molecular weight excluding hydrogens is 354 g/mol. The molecule has 2 N–H and O–H groups in total. The molecule has 0 radical (unpaired) electrons. The highest BCUT2D eigenvalue weighted by Gasteiger charge is 2.24. The van der Waals surface area contributed by atoms with Crippen molar-refractivity contribution in [3.63, 3.8) is 0 Å². The van der Waals surface area contributed by atoms with Gasteiger partial charge in [-0.05, 0) is 46.8 Å². The van der Waals surface area contributed by atoms with Crippen molar-refractivity contribution in [2.24, 2.45) is 0 Å². The molecule has 0 saturated heterocycles. The number of carbonyl (C=O) groups excluding carboxylic acids is 1. The molecule has 26 heavy (non-hydrogen) atoms. The third kappa shape index (κ3) is 2.84. The van der Waals surface area contributed by atoms with Crippen LogP contribution >= 0.6 is 11.6 Å². The lowest BCUT2D eigenvalue weighted by molar-refractivity contribution is 0.216. The highest BCUT2D eigenvalue weighted by Crippen LogP contribution is 2.30. The third-order valence-corrected chi connectivity index (χ3v) is 4.96. The van der Waals surface area contributed by atoms with Gasteiger partial charge in [-0.3, -0.25) is 4.79 Å². The van der Waals surface area contributed by atoms with Gasteiger partial charge in [0.2, 0.25) is 0 Å². The summed E-state index contributed by atoms with van der Waals surface area (Å²) in [5.41, 5.74) is 10.1. The Bertz CT molecular complexity index is 983. The second-order valence-electron chi connectivity index (χ2n) is 6.28. The Morgan fingerprint density at radius 1 is 1.35 bits per heavy atom. The summed E-state index contributed by atoms with van der Waals surface area (Å²) in [5.74, 6) is 1.27. The van der Waals surface area contributed by atoms with Crippen LogP contribution in [-0.4, -0.2) is 38.7 Å². The lowest BCUT2D eigenvalue weighted by Crippen LogP contribution is -2.32. The number of nitrogens with zero attached hydrogens (tertiary/aromatic N) is 4. The maximum atomic E-state index is 11.4. The molecule has 134 valence electrons. The van der Waals surface area contributed by atoms with Gasteiger partial charge in [0, 0.05) is 19.3 Å². The Balaban J connectivity index is 1.71. The molecule has 0 bridgehead atoms. The van der Waals surface area contributed by atoms with E-state index in [-0.39, 0.29) is 0 Å². The van der Waals surface area contributed by atoms with Crippen LogP contribution < -0.4 is 10.5 Å². The summed E-state index contributed by atoms with van der Waals surface area (Å²) in [6.45, 7) is 1.58. The van der Waals surface area contributed by atoms with Crippen molar-refractivity contribution in [2.45, 2.75) is 19.5 Å². The first-order chi connectivity index (χ1) is 12.6. The number of carbonyl (C=O) groups is 1. The summed E-state index contributed by atoms with van der Waals surface area (Å²) in [6, 6.07) is 7.81. The zero-order valence-corrected chi connectivity index (χ0v) is 15.0. The number of nitrogens with two attached hydrogens (primary N) is 1. The number of methoxy groups -OCH3 is 1. The Kier molecular flexibility index (Phi) is 4.16. The van der Waals surface area contributed by atoms with Crippen LogP contribution in [0.1, 0.15) is 16.7 Å². The SMILES string of the molecule is COc1ccc(Cn2nc(N)c3c4c(cnc32)CN(C(=O)Cl)CC4)cc1. The number of benzene rings is 1. The number of fused-ring (bicyclic) bond motifs is 3. The smallest absolute Gasteiger partial charge is 0.316 e. The van der Waals surface area contributed by atoms with Crippen molar-refractivity contribution in [2.75, 3.05) is 19.4 Å². The number of pyridine rings is 1. The standard InChI is InChI=1S/C18H18ClN5O2/c1-26-13-4-2-11(3-5-13)9-24-17-15(16(20)22-24)14-6-7-23(18(19)25)10-12(14)8-21-17/h2-5,8H,6-7,9-10H2,1H3,(H2,20,22). The van der Waals surface area contributed by atoms with Crippen molar-refractivity contribution < 1.29 is 9.53 Å². The van der Waals surface area contributed by atoms with E-state index >= 15 is 0 Å². The zero-order chi connectivity index (χ0) is 18.3.